The van der Waals surface area contributed by atoms with Crippen molar-refractivity contribution < 1.29 is 57.9 Å². The molecular weight excluding hydrogens is 165 g/mol. The van der Waals surface area contributed by atoms with Gasteiger partial charge in [0.1, 0.15) is 5.75 Å². The number of rotatable bonds is 0. The molecule has 3 heteroatoms. The molecule has 0 aliphatic heterocycles. The molecule has 0 aliphatic carbocycles. The van der Waals surface area contributed by atoms with Crippen molar-refractivity contribution in [2.45, 2.75) is 0 Å². The Labute approximate surface area is 109 Å². The van der Waals surface area contributed by atoms with E-state index in [1.807, 2.05) is 24.3 Å². The predicted octanol–water partition coefficient (Wildman–Crippen LogP) is -1.01. The monoisotopic (exact) mass is 173 g/mol. The minimum atomic E-state index is 0. The van der Waals surface area contributed by atoms with Crippen LogP contribution in [0.15, 0.2) is 30.5 Å². The average molecular weight is 173 g/mol. The SMILES string of the molecule is Oc1c[nH]c2ccccc12.[H-].[K+]. The number of aromatic hydroxyl groups is 1. The molecule has 2 N–H and O–H groups in total. The van der Waals surface area contributed by atoms with Gasteiger partial charge in [0.15, 0.2) is 0 Å². The van der Waals surface area contributed by atoms with E-state index >= 15 is 0 Å². The Balaban J connectivity index is 0.000000605. The molecule has 0 radical (unpaired) electrons. The number of fused-ring (bicyclic) bond motifs is 1. The number of aromatic nitrogens is 1. The maximum absolute atomic E-state index is 9.18. The Bertz CT molecular complexity index is 361. The topological polar surface area (TPSA) is 36.0 Å². The molecule has 0 saturated carbocycles. The van der Waals surface area contributed by atoms with Crippen molar-refractivity contribution in [3.05, 3.63) is 30.5 Å². The van der Waals surface area contributed by atoms with E-state index < -0.39 is 0 Å². The molecule has 1 aromatic carbocycles. The van der Waals surface area contributed by atoms with Crippen LogP contribution in [0.1, 0.15) is 1.43 Å². The van der Waals surface area contributed by atoms with Crippen LogP contribution in [0.2, 0.25) is 0 Å². The van der Waals surface area contributed by atoms with Crippen molar-refractivity contribution in [1.29, 1.82) is 0 Å². The first kappa shape index (κ1) is 9.29. The minimum Gasteiger partial charge on any atom is -1.00 e. The largest absolute Gasteiger partial charge is 1.00 e. The summed E-state index contributed by atoms with van der Waals surface area (Å²) in [5, 5.41) is 10.1. The van der Waals surface area contributed by atoms with Crippen molar-refractivity contribution in [2.75, 3.05) is 0 Å². The van der Waals surface area contributed by atoms with Crippen LogP contribution in [-0.2, 0) is 0 Å². The molecule has 2 aromatic rings. The molecule has 52 valence electrons. The predicted molar refractivity (Wildman–Crippen MR) is 41.1 cm³/mol. The summed E-state index contributed by atoms with van der Waals surface area (Å²) in [7, 11) is 0. The van der Waals surface area contributed by atoms with E-state index in [2.05, 4.69) is 4.98 Å². The zero-order chi connectivity index (χ0) is 6.97. The molecule has 1 aromatic heterocycles. The summed E-state index contributed by atoms with van der Waals surface area (Å²) in [5.74, 6) is 0.315. The van der Waals surface area contributed by atoms with Gasteiger partial charge in [0.2, 0.25) is 0 Å². The maximum atomic E-state index is 9.18. The summed E-state index contributed by atoms with van der Waals surface area (Å²) in [5.41, 5.74) is 0.972. The number of H-pyrrole nitrogens is 1. The van der Waals surface area contributed by atoms with E-state index in [-0.39, 0.29) is 52.8 Å². The van der Waals surface area contributed by atoms with Gasteiger partial charge in [-0.25, -0.2) is 0 Å². The second-order valence-electron chi connectivity index (χ2n) is 2.22. The van der Waals surface area contributed by atoms with Gasteiger partial charge < -0.3 is 11.5 Å². The van der Waals surface area contributed by atoms with Gasteiger partial charge in [0, 0.05) is 17.1 Å². The summed E-state index contributed by atoms with van der Waals surface area (Å²) >= 11 is 0. The van der Waals surface area contributed by atoms with Gasteiger partial charge in [0.25, 0.3) is 0 Å². The second kappa shape index (κ2) is 3.73. The van der Waals surface area contributed by atoms with Crippen LogP contribution in [0, 0.1) is 0 Å². The van der Waals surface area contributed by atoms with Gasteiger partial charge in [-0.2, -0.15) is 0 Å². The van der Waals surface area contributed by atoms with Gasteiger partial charge >= 0.3 is 51.4 Å². The van der Waals surface area contributed by atoms with Crippen LogP contribution in [-0.4, -0.2) is 10.1 Å². The summed E-state index contributed by atoms with van der Waals surface area (Å²) in [4.78, 5) is 2.94. The molecule has 2 nitrogen and oxygen atoms in total. The van der Waals surface area contributed by atoms with E-state index in [1.54, 1.807) is 6.20 Å². The Kier molecular flexibility index (Phi) is 3.15. The molecule has 0 saturated heterocycles. The van der Waals surface area contributed by atoms with Crippen LogP contribution < -0.4 is 51.4 Å². The molecule has 0 amide bonds. The molecule has 0 unspecified atom stereocenters. The maximum Gasteiger partial charge on any atom is 1.00 e. The minimum absolute atomic E-state index is 0. The fourth-order valence-corrected chi connectivity index (χ4v) is 1.06. The van der Waals surface area contributed by atoms with Crippen LogP contribution in [0.5, 0.6) is 5.75 Å². The van der Waals surface area contributed by atoms with Crippen LogP contribution in [0.25, 0.3) is 10.9 Å². The molecule has 0 aliphatic rings. The Morgan fingerprint density at radius 3 is 2.73 bits per heavy atom. The molecular formula is C8H8KNO. The first-order chi connectivity index (χ1) is 4.88. The molecule has 0 bridgehead atoms. The summed E-state index contributed by atoms with van der Waals surface area (Å²) in [6.45, 7) is 0. The third-order valence-electron chi connectivity index (χ3n) is 1.57. The van der Waals surface area contributed by atoms with E-state index in [0.29, 0.717) is 5.75 Å². The van der Waals surface area contributed by atoms with Crippen LogP contribution in [0.4, 0.5) is 0 Å². The van der Waals surface area contributed by atoms with Crippen molar-refractivity contribution in [3.63, 3.8) is 0 Å². The number of hydrogen-bond acceptors (Lipinski definition) is 1. The van der Waals surface area contributed by atoms with Crippen molar-refractivity contribution in [1.82, 2.24) is 4.98 Å². The third kappa shape index (κ3) is 1.68. The number of aromatic amines is 1. The van der Waals surface area contributed by atoms with E-state index in [9.17, 15) is 5.11 Å². The first-order valence-corrected chi connectivity index (χ1v) is 3.13. The van der Waals surface area contributed by atoms with E-state index in [1.165, 1.54) is 0 Å². The van der Waals surface area contributed by atoms with Crippen molar-refractivity contribution in [3.8, 4) is 5.75 Å². The zero-order valence-corrected chi connectivity index (χ0v) is 9.46. The quantitative estimate of drug-likeness (QED) is 0.492. The normalized spacial score (nSPS) is 9.45. The number of para-hydroxylation sites is 1. The molecule has 0 fully saturated rings. The third-order valence-corrected chi connectivity index (χ3v) is 1.57. The van der Waals surface area contributed by atoms with Crippen LogP contribution in [0.3, 0.4) is 0 Å². The fourth-order valence-electron chi connectivity index (χ4n) is 1.06. The van der Waals surface area contributed by atoms with E-state index in [0.717, 1.165) is 10.9 Å². The van der Waals surface area contributed by atoms with Gasteiger partial charge in [-0.3, -0.25) is 0 Å². The number of hydrogen-bond donors (Lipinski definition) is 2. The zero-order valence-electron chi connectivity index (χ0n) is 7.33. The smallest absolute Gasteiger partial charge is 1.00 e. The van der Waals surface area contributed by atoms with Gasteiger partial charge in [-0.1, -0.05) is 12.1 Å². The van der Waals surface area contributed by atoms with Crippen molar-refractivity contribution >= 4 is 10.9 Å². The molecule has 11 heavy (non-hydrogen) atoms. The van der Waals surface area contributed by atoms with Gasteiger partial charge in [-0.05, 0) is 12.1 Å². The molecule has 2 rings (SSSR count). The Morgan fingerprint density at radius 2 is 2.00 bits per heavy atom. The Hall–Kier alpha value is 0.196. The summed E-state index contributed by atoms with van der Waals surface area (Å²) in [6, 6.07) is 7.63. The summed E-state index contributed by atoms with van der Waals surface area (Å²) in [6.07, 6.45) is 1.59. The average Bonchev–Trinajstić information content (AvgIpc) is 2.34. The molecule has 1 heterocycles. The Morgan fingerprint density at radius 1 is 1.27 bits per heavy atom. The van der Waals surface area contributed by atoms with Gasteiger partial charge in [0.05, 0.1) is 0 Å². The fraction of sp³-hybridized carbons (Fsp3) is 0. The standard InChI is InChI=1S/C8H7NO.K.H/c10-8-5-9-7-4-2-1-3-6(7)8;;/h1-5,9-10H;;/q;+1;-1. The summed E-state index contributed by atoms with van der Waals surface area (Å²) < 4.78 is 0. The second-order valence-corrected chi connectivity index (χ2v) is 2.22. The number of nitrogens with one attached hydrogen (secondary N) is 1. The molecule has 0 spiro atoms. The molecule has 0 atom stereocenters. The first-order valence-electron chi connectivity index (χ1n) is 3.13. The van der Waals surface area contributed by atoms with E-state index in [4.69, 9.17) is 0 Å². The van der Waals surface area contributed by atoms with Gasteiger partial charge in [-0.15, -0.1) is 0 Å². The van der Waals surface area contributed by atoms with Crippen LogP contribution >= 0.6 is 0 Å². The number of benzene rings is 1. The van der Waals surface area contributed by atoms with Crippen molar-refractivity contribution in [2.24, 2.45) is 0 Å².